The van der Waals surface area contributed by atoms with Gasteiger partial charge in [0.05, 0.1) is 6.61 Å². The van der Waals surface area contributed by atoms with Gasteiger partial charge in [0.25, 0.3) is 5.91 Å². The van der Waals surface area contributed by atoms with Crippen molar-refractivity contribution in [1.29, 1.82) is 0 Å². The van der Waals surface area contributed by atoms with Crippen molar-refractivity contribution in [3.63, 3.8) is 0 Å². The van der Waals surface area contributed by atoms with Crippen LogP contribution in [0, 0.1) is 5.92 Å². The number of hydrogen-bond donors (Lipinski definition) is 2. The monoisotopic (exact) mass is 224 g/mol. The van der Waals surface area contributed by atoms with Gasteiger partial charge in [-0.25, -0.2) is 0 Å². The van der Waals surface area contributed by atoms with Crippen LogP contribution in [0.1, 0.15) is 17.3 Å². The number of rotatable bonds is 5. The van der Waals surface area contributed by atoms with E-state index in [9.17, 15) is 9.59 Å². The molecular weight excluding hydrogens is 208 g/mol. The van der Waals surface area contributed by atoms with Crippen molar-refractivity contribution in [2.45, 2.75) is 6.92 Å². The molecule has 88 valence electrons. The third-order valence-electron chi connectivity index (χ3n) is 2.13. The first-order valence-corrected chi connectivity index (χ1v) is 5.09. The number of nitrogens with one attached hydrogen (secondary N) is 2. The highest BCUT2D eigenvalue weighted by Gasteiger charge is 2.10. The number of hydrogen-bond acceptors (Lipinski definition) is 3. The lowest BCUT2D eigenvalue weighted by molar-refractivity contribution is 0.0932. The zero-order valence-electron chi connectivity index (χ0n) is 9.45. The van der Waals surface area contributed by atoms with E-state index in [-0.39, 0.29) is 22.8 Å². The van der Waals surface area contributed by atoms with Crippen molar-refractivity contribution in [1.82, 2.24) is 10.3 Å². The van der Waals surface area contributed by atoms with Gasteiger partial charge in [-0.2, -0.15) is 0 Å². The fourth-order valence-electron chi connectivity index (χ4n) is 1.30. The van der Waals surface area contributed by atoms with Gasteiger partial charge in [-0.05, 0) is 5.92 Å². The van der Waals surface area contributed by atoms with Gasteiger partial charge in [-0.1, -0.05) is 6.92 Å². The molecule has 1 atom stereocenters. The average molecular weight is 224 g/mol. The summed E-state index contributed by atoms with van der Waals surface area (Å²) in [6, 6.07) is 1.33. The second-order valence-electron chi connectivity index (χ2n) is 3.69. The molecule has 0 saturated carbocycles. The van der Waals surface area contributed by atoms with Crippen LogP contribution < -0.4 is 10.7 Å². The fraction of sp³-hybridized carbons (Fsp3) is 0.455. The Bertz CT molecular complexity index is 400. The molecule has 0 spiro atoms. The van der Waals surface area contributed by atoms with Gasteiger partial charge in [0.2, 0.25) is 0 Å². The Morgan fingerprint density at radius 3 is 3.00 bits per heavy atom. The molecule has 0 saturated heterocycles. The number of carbonyl (C=O) groups excluding carboxylic acids is 1. The maximum atomic E-state index is 11.6. The highest BCUT2D eigenvalue weighted by molar-refractivity contribution is 5.93. The van der Waals surface area contributed by atoms with Crippen LogP contribution in [0.5, 0.6) is 0 Å². The molecule has 0 aliphatic heterocycles. The van der Waals surface area contributed by atoms with Crippen LogP contribution in [0.3, 0.4) is 0 Å². The Morgan fingerprint density at radius 2 is 2.38 bits per heavy atom. The van der Waals surface area contributed by atoms with Crippen molar-refractivity contribution >= 4 is 5.91 Å². The van der Waals surface area contributed by atoms with E-state index in [0.29, 0.717) is 13.2 Å². The van der Waals surface area contributed by atoms with Gasteiger partial charge in [0.1, 0.15) is 5.56 Å². The fourth-order valence-corrected chi connectivity index (χ4v) is 1.30. The summed E-state index contributed by atoms with van der Waals surface area (Å²) >= 11 is 0. The first-order chi connectivity index (χ1) is 7.65. The average Bonchev–Trinajstić information content (AvgIpc) is 2.27. The summed E-state index contributed by atoms with van der Waals surface area (Å²) < 4.78 is 4.95. The molecule has 1 amide bonds. The van der Waals surface area contributed by atoms with Crippen molar-refractivity contribution < 1.29 is 9.53 Å². The number of carbonyl (C=O) groups is 1. The maximum Gasteiger partial charge on any atom is 0.256 e. The molecule has 5 nitrogen and oxygen atoms in total. The predicted molar refractivity (Wildman–Crippen MR) is 60.4 cm³/mol. The van der Waals surface area contributed by atoms with E-state index in [4.69, 9.17) is 4.74 Å². The number of ether oxygens (including phenoxy) is 1. The zero-order chi connectivity index (χ0) is 12.0. The molecule has 0 bridgehead atoms. The standard InChI is InChI=1S/C11H16N2O3/c1-8(7-16-2)5-13-11(15)9-6-12-4-3-10(9)14/h3-4,6,8H,5,7H2,1-2H3,(H,12,14)(H,13,15). The minimum absolute atomic E-state index is 0.132. The molecule has 2 N–H and O–H groups in total. The van der Waals surface area contributed by atoms with Gasteiger partial charge in [-0.15, -0.1) is 0 Å². The van der Waals surface area contributed by atoms with Crippen LogP contribution in [0.4, 0.5) is 0 Å². The minimum atomic E-state index is -0.357. The van der Waals surface area contributed by atoms with E-state index < -0.39 is 0 Å². The van der Waals surface area contributed by atoms with E-state index in [2.05, 4.69) is 10.3 Å². The van der Waals surface area contributed by atoms with Crippen molar-refractivity contribution in [3.05, 3.63) is 34.2 Å². The van der Waals surface area contributed by atoms with Crippen LogP contribution in [0.25, 0.3) is 0 Å². The molecule has 0 aliphatic rings. The second-order valence-corrected chi connectivity index (χ2v) is 3.69. The lowest BCUT2D eigenvalue weighted by atomic mass is 10.2. The first-order valence-electron chi connectivity index (χ1n) is 5.09. The third-order valence-corrected chi connectivity index (χ3v) is 2.13. The highest BCUT2D eigenvalue weighted by atomic mass is 16.5. The Hall–Kier alpha value is -1.62. The summed E-state index contributed by atoms with van der Waals surface area (Å²) in [6.07, 6.45) is 2.89. The molecule has 1 heterocycles. The highest BCUT2D eigenvalue weighted by Crippen LogP contribution is 1.94. The second kappa shape index (κ2) is 6.07. The Morgan fingerprint density at radius 1 is 1.62 bits per heavy atom. The SMILES string of the molecule is COCC(C)CNC(=O)c1c[nH]ccc1=O. The van der Waals surface area contributed by atoms with Gasteiger partial charge >= 0.3 is 0 Å². The molecule has 5 heteroatoms. The van der Waals surface area contributed by atoms with E-state index in [0.717, 1.165) is 0 Å². The summed E-state index contributed by atoms with van der Waals surface area (Å²) in [5, 5.41) is 2.69. The van der Waals surface area contributed by atoms with Gasteiger partial charge in [-0.3, -0.25) is 9.59 Å². The summed E-state index contributed by atoms with van der Waals surface area (Å²) in [5.41, 5.74) is -0.150. The lowest BCUT2D eigenvalue weighted by Gasteiger charge is -2.10. The smallest absolute Gasteiger partial charge is 0.256 e. The summed E-state index contributed by atoms with van der Waals surface area (Å²) in [4.78, 5) is 25.6. The number of methoxy groups -OCH3 is 1. The van der Waals surface area contributed by atoms with E-state index in [1.54, 1.807) is 7.11 Å². The first kappa shape index (κ1) is 12.4. The number of aromatic amines is 1. The van der Waals surface area contributed by atoms with Gasteiger partial charge < -0.3 is 15.0 Å². The Kier molecular flexibility index (Phi) is 4.72. The van der Waals surface area contributed by atoms with Gasteiger partial charge in [0, 0.05) is 32.1 Å². The zero-order valence-corrected chi connectivity index (χ0v) is 9.45. The largest absolute Gasteiger partial charge is 0.384 e. The van der Waals surface area contributed by atoms with Gasteiger partial charge in [0.15, 0.2) is 5.43 Å². The van der Waals surface area contributed by atoms with Crippen LogP contribution in [-0.4, -0.2) is 31.2 Å². The summed E-state index contributed by atoms with van der Waals surface area (Å²) in [5.74, 6) is -0.137. The van der Waals surface area contributed by atoms with E-state index in [1.807, 2.05) is 6.92 Å². The molecular formula is C11H16N2O3. The van der Waals surface area contributed by atoms with Crippen LogP contribution >= 0.6 is 0 Å². The molecule has 0 aliphatic carbocycles. The molecule has 1 rings (SSSR count). The van der Waals surface area contributed by atoms with Crippen molar-refractivity contribution in [2.24, 2.45) is 5.92 Å². The van der Waals surface area contributed by atoms with E-state index in [1.165, 1.54) is 18.5 Å². The Balaban J connectivity index is 2.54. The summed E-state index contributed by atoms with van der Waals surface area (Å²) in [7, 11) is 1.61. The third kappa shape index (κ3) is 3.51. The van der Waals surface area contributed by atoms with E-state index >= 15 is 0 Å². The predicted octanol–water partition coefficient (Wildman–Crippen LogP) is 0.387. The molecule has 0 fully saturated rings. The minimum Gasteiger partial charge on any atom is -0.384 e. The van der Waals surface area contributed by atoms with Crippen LogP contribution in [0.15, 0.2) is 23.3 Å². The van der Waals surface area contributed by atoms with Crippen LogP contribution in [-0.2, 0) is 4.74 Å². The van der Waals surface area contributed by atoms with Crippen molar-refractivity contribution in [2.75, 3.05) is 20.3 Å². The lowest BCUT2D eigenvalue weighted by Crippen LogP contribution is -2.32. The number of aromatic nitrogens is 1. The molecule has 0 radical (unpaired) electrons. The van der Waals surface area contributed by atoms with Crippen molar-refractivity contribution in [3.8, 4) is 0 Å². The number of pyridine rings is 1. The number of H-pyrrole nitrogens is 1. The quantitative estimate of drug-likeness (QED) is 0.760. The Labute approximate surface area is 93.8 Å². The maximum absolute atomic E-state index is 11.6. The number of amides is 1. The van der Waals surface area contributed by atoms with Crippen LogP contribution in [0.2, 0.25) is 0 Å². The summed E-state index contributed by atoms with van der Waals surface area (Å²) in [6.45, 7) is 3.02. The molecule has 1 unspecified atom stereocenters. The topological polar surface area (TPSA) is 71.2 Å². The molecule has 16 heavy (non-hydrogen) atoms. The molecule has 1 aromatic heterocycles. The normalized spacial score (nSPS) is 12.1. The molecule has 0 aromatic carbocycles. The molecule has 1 aromatic rings.